The van der Waals surface area contributed by atoms with E-state index in [4.69, 9.17) is 0 Å². The number of fused-ring (bicyclic) bond motifs is 1. The van der Waals surface area contributed by atoms with Crippen LogP contribution in [0.5, 0.6) is 0 Å². The Morgan fingerprint density at radius 1 is 1.03 bits per heavy atom. The maximum Gasteiger partial charge on any atom is 0.269 e. The van der Waals surface area contributed by atoms with Gasteiger partial charge in [0.05, 0.1) is 16.0 Å². The number of nitro groups is 1. The van der Waals surface area contributed by atoms with Crippen LogP contribution in [0.1, 0.15) is 16.7 Å². The molecule has 0 aliphatic heterocycles. The average molecular weight is 412 g/mol. The van der Waals surface area contributed by atoms with Gasteiger partial charge in [0.2, 0.25) is 5.91 Å². The largest absolute Gasteiger partial charge is 0.338 e. The maximum absolute atomic E-state index is 12.2. The number of benzene rings is 3. The molecule has 0 unspecified atom stereocenters. The Bertz CT molecular complexity index is 1260. The summed E-state index contributed by atoms with van der Waals surface area (Å²) in [5, 5.41) is 13.5. The van der Waals surface area contributed by atoms with Crippen LogP contribution in [0.25, 0.3) is 28.5 Å². The summed E-state index contributed by atoms with van der Waals surface area (Å²) in [4.78, 5) is 30.4. The van der Waals surface area contributed by atoms with Crippen LogP contribution in [0.15, 0.2) is 66.7 Å². The van der Waals surface area contributed by atoms with E-state index in [-0.39, 0.29) is 11.6 Å². The zero-order valence-corrected chi connectivity index (χ0v) is 17.0. The highest BCUT2D eigenvalue weighted by molar-refractivity contribution is 6.02. The van der Waals surface area contributed by atoms with Crippen molar-refractivity contribution in [3.05, 3.63) is 93.5 Å². The van der Waals surface area contributed by atoms with Gasteiger partial charge in [-0.05, 0) is 85.1 Å². The molecule has 0 aliphatic rings. The summed E-state index contributed by atoms with van der Waals surface area (Å²) in [6, 6.07) is 17.6. The van der Waals surface area contributed by atoms with Crippen molar-refractivity contribution in [1.29, 1.82) is 0 Å². The molecule has 0 fully saturated rings. The Morgan fingerprint density at radius 3 is 2.39 bits per heavy atom. The van der Waals surface area contributed by atoms with Gasteiger partial charge in [0, 0.05) is 29.5 Å². The topological polar surface area (TPSA) is 101 Å². The molecule has 0 bridgehead atoms. The number of carbonyl (C=O) groups excluding carboxylic acids is 1. The highest BCUT2D eigenvalue weighted by atomic mass is 16.6. The molecule has 31 heavy (non-hydrogen) atoms. The van der Waals surface area contributed by atoms with Crippen molar-refractivity contribution in [2.45, 2.75) is 13.8 Å². The van der Waals surface area contributed by atoms with Gasteiger partial charge in [-0.15, -0.1) is 0 Å². The molecule has 1 aromatic heterocycles. The summed E-state index contributed by atoms with van der Waals surface area (Å²) in [6.07, 6.45) is 2.99. The number of aromatic nitrogens is 2. The minimum atomic E-state index is -0.461. The number of imidazole rings is 1. The number of anilines is 1. The van der Waals surface area contributed by atoms with Crippen LogP contribution < -0.4 is 5.32 Å². The van der Waals surface area contributed by atoms with Crippen molar-refractivity contribution in [2.75, 3.05) is 5.32 Å². The van der Waals surface area contributed by atoms with Gasteiger partial charge in [0.15, 0.2) is 0 Å². The lowest BCUT2D eigenvalue weighted by molar-refractivity contribution is -0.384. The number of rotatable bonds is 5. The van der Waals surface area contributed by atoms with Gasteiger partial charge in [0.25, 0.3) is 5.69 Å². The van der Waals surface area contributed by atoms with Crippen LogP contribution in [0.3, 0.4) is 0 Å². The van der Waals surface area contributed by atoms with Crippen LogP contribution in [-0.4, -0.2) is 20.8 Å². The lowest BCUT2D eigenvalue weighted by Gasteiger charge is -2.03. The van der Waals surface area contributed by atoms with Gasteiger partial charge in [-0.3, -0.25) is 14.9 Å². The zero-order chi connectivity index (χ0) is 22.0. The number of hydrogen-bond acceptors (Lipinski definition) is 4. The molecule has 3 aromatic carbocycles. The number of aryl methyl sites for hydroxylation is 2. The number of hydrogen-bond donors (Lipinski definition) is 2. The summed E-state index contributed by atoms with van der Waals surface area (Å²) >= 11 is 0. The van der Waals surface area contributed by atoms with Gasteiger partial charge in [-0.1, -0.05) is 0 Å². The average Bonchev–Trinajstić information content (AvgIpc) is 3.16. The Labute approximate surface area is 178 Å². The third-order valence-electron chi connectivity index (χ3n) is 5.05. The van der Waals surface area contributed by atoms with Gasteiger partial charge < -0.3 is 10.3 Å². The second-order valence-corrected chi connectivity index (χ2v) is 7.29. The molecule has 0 atom stereocenters. The lowest BCUT2D eigenvalue weighted by Crippen LogP contribution is -2.07. The lowest BCUT2D eigenvalue weighted by atomic mass is 10.1. The fourth-order valence-corrected chi connectivity index (χ4v) is 3.18. The van der Waals surface area contributed by atoms with Crippen molar-refractivity contribution in [1.82, 2.24) is 9.97 Å². The molecule has 0 saturated heterocycles. The Balaban J connectivity index is 1.43. The number of aromatic amines is 1. The molecule has 0 aliphatic carbocycles. The second kappa shape index (κ2) is 8.23. The van der Waals surface area contributed by atoms with Gasteiger partial charge in [-0.25, -0.2) is 4.98 Å². The van der Waals surface area contributed by atoms with Crippen LogP contribution in [0.2, 0.25) is 0 Å². The first-order valence-corrected chi connectivity index (χ1v) is 9.70. The van der Waals surface area contributed by atoms with Gasteiger partial charge >= 0.3 is 0 Å². The number of H-pyrrole nitrogens is 1. The number of carbonyl (C=O) groups is 1. The molecule has 7 heteroatoms. The number of nitrogens with one attached hydrogen (secondary N) is 2. The smallest absolute Gasteiger partial charge is 0.269 e. The monoisotopic (exact) mass is 412 g/mol. The molecular formula is C24H20N4O3. The van der Waals surface area contributed by atoms with Gasteiger partial charge in [0.1, 0.15) is 5.82 Å². The first-order chi connectivity index (χ1) is 14.9. The van der Waals surface area contributed by atoms with E-state index in [0.717, 1.165) is 22.4 Å². The summed E-state index contributed by atoms with van der Waals surface area (Å²) in [7, 11) is 0. The summed E-state index contributed by atoms with van der Waals surface area (Å²) in [6.45, 7) is 4.14. The molecule has 4 aromatic rings. The Kier molecular flexibility index (Phi) is 5.32. The van der Waals surface area contributed by atoms with Crippen molar-refractivity contribution in [3.63, 3.8) is 0 Å². The third-order valence-corrected chi connectivity index (χ3v) is 5.05. The van der Waals surface area contributed by atoms with E-state index in [1.807, 2.05) is 24.3 Å². The second-order valence-electron chi connectivity index (χ2n) is 7.29. The molecule has 1 amide bonds. The van der Waals surface area contributed by atoms with Crippen molar-refractivity contribution < 1.29 is 9.72 Å². The van der Waals surface area contributed by atoms with E-state index in [0.29, 0.717) is 11.3 Å². The third kappa shape index (κ3) is 4.51. The van der Waals surface area contributed by atoms with Crippen molar-refractivity contribution in [2.24, 2.45) is 0 Å². The summed E-state index contributed by atoms with van der Waals surface area (Å²) < 4.78 is 0. The minimum absolute atomic E-state index is 0.0106. The minimum Gasteiger partial charge on any atom is -0.338 e. The Morgan fingerprint density at radius 2 is 1.71 bits per heavy atom. The highest BCUT2D eigenvalue weighted by Gasteiger charge is 2.08. The van der Waals surface area contributed by atoms with Gasteiger partial charge in [-0.2, -0.15) is 0 Å². The molecule has 2 N–H and O–H groups in total. The van der Waals surface area contributed by atoms with E-state index >= 15 is 0 Å². The van der Waals surface area contributed by atoms with E-state index in [1.54, 1.807) is 18.2 Å². The van der Waals surface area contributed by atoms with E-state index < -0.39 is 4.92 Å². The first-order valence-electron chi connectivity index (χ1n) is 9.70. The molecule has 1 heterocycles. The predicted molar refractivity (Wildman–Crippen MR) is 122 cm³/mol. The number of non-ortho nitro benzene ring substituents is 1. The molecule has 154 valence electrons. The Hall–Kier alpha value is -4.26. The van der Waals surface area contributed by atoms with Crippen LogP contribution in [0.4, 0.5) is 11.4 Å². The zero-order valence-electron chi connectivity index (χ0n) is 17.0. The van der Waals surface area contributed by atoms with E-state index in [1.165, 1.54) is 29.3 Å². The molecule has 0 saturated carbocycles. The fourth-order valence-electron chi connectivity index (χ4n) is 3.18. The van der Waals surface area contributed by atoms with E-state index in [9.17, 15) is 14.9 Å². The normalized spacial score (nSPS) is 11.2. The predicted octanol–water partition coefficient (Wildman–Crippen LogP) is 5.41. The van der Waals surface area contributed by atoms with Crippen LogP contribution >= 0.6 is 0 Å². The number of amides is 1. The highest BCUT2D eigenvalue weighted by Crippen LogP contribution is 2.24. The summed E-state index contributed by atoms with van der Waals surface area (Å²) in [5.74, 6) is 0.483. The number of nitrogens with zero attached hydrogens (tertiary/aromatic N) is 2. The van der Waals surface area contributed by atoms with Crippen molar-refractivity contribution in [3.8, 4) is 11.4 Å². The maximum atomic E-state index is 12.2. The molecule has 0 spiro atoms. The molecule has 0 radical (unpaired) electrons. The van der Waals surface area contributed by atoms with Crippen LogP contribution in [0, 0.1) is 24.0 Å². The number of nitro benzene ring substituents is 1. The SMILES string of the molecule is Cc1cc2nc(-c3ccc(NC(=O)/C=C/c4ccc([N+](=O)[O-])cc4)cc3)[nH]c2cc1C. The van der Waals surface area contributed by atoms with Crippen LogP contribution in [-0.2, 0) is 4.79 Å². The summed E-state index contributed by atoms with van der Waals surface area (Å²) in [5.41, 5.74) is 6.62. The van der Waals surface area contributed by atoms with Crippen molar-refractivity contribution >= 4 is 34.4 Å². The fraction of sp³-hybridized carbons (Fsp3) is 0.0833. The quantitative estimate of drug-likeness (QED) is 0.260. The molecular weight excluding hydrogens is 392 g/mol. The standard InChI is InChI=1S/C24H20N4O3/c1-15-13-21-22(14-16(15)2)27-24(26-21)18-6-8-19(9-7-18)25-23(29)12-5-17-3-10-20(11-4-17)28(30)31/h3-14H,1-2H3,(H,25,29)(H,26,27)/b12-5+. The molecule has 7 nitrogen and oxygen atoms in total. The van der Waals surface area contributed by atoms with E-state index in [2.05, 4.69) is 41.3 Å². The molecule has 4 rings (SSSR count). The first kappa shape index (κ1) is 20.0.